The maximum atomic E-state index is 10.8. The molecule has 0 bridgehead atoms. The summed E-state index contributed by atoms with van der Waals surface area (Å²) in [5.74, 6) is 0.281. The predicted molar refractivity (Wildman–Crippen MR) is 198 cm³/mol. The van der Waals surface area contributed by atoms with Gasteiger partial charge in [-0.2, -0.15) is 23.5 Å². The molecule has 0 fully saturated rings. The SMILES string of the molecule is CC.CNC(=O)NCCSC.CNC(=O)OC.COC(=O)C(C)C.COC(=O)c1ccccc1.COC(C)=O.CSC.c1cscn1. The van der Waals surface area contributed by atoms with E-state index in [1.165, 1.54) is 42.4 Å². The summed E-state index contributed by atoms with van der Waals surface area (Å²) in [6, 6.07) is 8.77. The van der Waals surface area contributed by atoms with Crippen LogP contribution in [0.3, 0.4) is 0 Å². The minimum Gasteiger partial charge on any atom is -0.469 e. The highest BCUT2D eigenvalue weighted by atomic mass is 32.2. The molecule has 1 aromatic heterocycles. The number of amides is 3. The summed E-state index contributed by atoms with van der Waals surface area (Å²) in [6.07, 6.45) is 7.45. The quantitative estimate of drug-likeness (QED) is 0.191. The fourth-order valence-electron chi connectivity index (χ4n) is 1.56. The highest BCUT2D eigenvalue weighted by Crippen LogP contribution is 1.99. The third kappa shape index (κ3) is 58.6. The Bertz CT molecular complexity index is 916. The zero-order chi connectivity index (χ0) is 37.9. The van der Waals surface area contributed by atoms with Gasteiger partial charge in [0.2, 0.25) is 0 Å². The summed E-state index contributed by atoms with van der Waals surface area (Å²) in [4.78, 5) is 54.7. The average Bonchev–Trinajstić information content (AvgIpc) is 3.70. The number of aromatic nitrogens is 1. The van der Waals surface area contributed by atoms with E-state index in [4.69, 9.17) is 0 Å². The van der Waals surface area contributed by atoms with Gasteiger partial charge < -0.3 is 34.9 Å². The molecule has 0 radical (unpaired) electrons. The van der Waals surface area contributed by atoms with Gasteiger partial charge in [0, 0.05) is 44.9 Å². The molecule has 3 amide bonds. The number of hydrogen-bond acceptors (Lipinski definition) is 13. The number of thioether (sulfide) groups is 2. The Morgan fingerprint density at radius 1 is 0.851 bits per heavy atom. The lowest BCUT2D eigenvalue weighted by molar-refractivity contribution is -0.144. The zero-order valence-corrected chi connectivity index (χ0v) is 32.9. The first-order valence-corrected chi connectivity index (χ1v) is 18.0. The number of thiazole rings is 1. The van der Waals surface area contributed by atoms with Crippen LogP contribution in [0.15, 0.2) is 47.4 Å². The molecule has 16 heteroatoms. The highest BCUT2D eigenvalue weighted by Gasteiger charge is 2.03. The lowest BCUT2D eigenvalue weighted by atomic mass is 10.2. The fourth-order valence-corrected chi connectivity index (χ4v) is 2.22. The number of nitrogens with zero attached hydrogens (tertiary/aromatic N) is 1. The Balaban J connectivity index is -0.000000106. The van der Waals surface area contributed by atoms with Crippen molar-refractivity contribution in [1.82, 2.24) is 20.9 Å². The molecule has 274 valence electrons. The van der Waals surface area contributed by atoms with Gasteiger partial charge in [-0.15, -0.1) is 11.3 Å². The summed E-state index contributed by atoms with van der Waals surface area (Å²) >= 11 is 5.06. The van der Waals surface area contributed by atoms with Crippen molar-refractivity contribution in [2.45, 2.75) is 34.6 Å². The highest BCUT2D eigenvalue weighted by molar-refractivity contribution is 7.98. The van der Waals surface area contributed by atoms with E-state index in [0.717, 1.165) is 12.3 Å². The van der Waals surface area contributed by atoms with E-state index < -0.39 is 6.09 Å². The number of carbonyl (C=O) groups excluding carboxylic acids is 5. The van der Waals surface area contributed by atoms with Crippen LogP contribution in [0.4, 0.5) is 9.59 Å². The summed E-state index contributed by atoms with van der Waals surface area (Å²) < 4.78 is 17.1. The van der Waals surface area contributed by atoms with E-state index in [1.54, 1.807) is 91.7 Å². The minimum atomic E-state index is -0.407. The van der Waals surface area contributed by atoms with Crippen LogP contribution in [0.2, 0.25) is 0 Å². The van der Waals surface area contributed by atoms with Crippen molar-refractivity contribution in [2.24, 2.45) is 5.92 Å². The number of esters is 3. The van der Waals surface area contributed by atoms with Gasteiger partial charge in [0.1, 0.15) is 0 Å². The lowest BCUT2D eigenvalue weighted by Gasteiger charge is -2.00. The van der Waals surface area contributed by atoms with Crippen molar-refractivity contribution in [3.05, 3.63) is 53.0 Å². The number of hydrogen-bond donors (Lipinski definition) is 3. The second-order valence-corrected chi connectivity index (χ2v) is 10.1. The number of benzene rings is 1. The molecule has 1 aromatic carbocycles. The molecule has 0 aliphatic carbocycles. The number of alkyl carbamates (subject to hydrolysis) is 1. The Morgan fingerprint density at radius 3 is 1.57 bits per heavy atom. The fraction of sp³-hybridized carbons (Fsp3) is 0.548. The van der Waals surface area contributed by atoms with E-state index in [2.05, 4.69) is 39.9 Å². The normalized spacial score (nSPS) is 7.89. The van der Waals surface area contributed by atoms with Crippen molar-refractivity contribution in [1.29, 1.82) is 0 Å². The van der Waals surface area contributed by atoms with Crippen molar-refractivity contribution in [3.8, 4) is 0 Å². The van der Waals surface area contributed by atoms with Crippen LogP contribution in [-0.4, -0.2) is 109 Å². The van der Waals surface area contributed by atoms with E-state index in [0.29, 0.717) is 5.56 Å². The topological polar surface area (TPSA) is 171 Å². The van der Waals surface area contributed by atoms with Gasteiger partial charge in [0.05, 0.1) is 45.4 Å². The van der Waals surface area contributed by atoms with E-state index >= 15 is 0 Å². The van der Waals surface area contributed by atoms with Gasteiger partial charge in [-0.05, 0) is 30.9 Å². The van der Waals surface area contributed by atoms with Crippen molar-refractivity contribution in [3.63, 3.8) is 0 Å². The summed E-state index contributed by atoms with van der Waals surface area (Å²) in [5, 5.41) is 9.31. The van der Waals surface area contributed by atoms with Crippen molar-refractivity contribution < 1.29 is 42.9 Å². The molecule has 0 saturated carbocycles. The molecule has 47 heavy (non-hydrogen) atoms. The van der Waals surface area contributed by atoms with Crippen LogP contribution in [0, 0.1) is 5.92 Å². The van der Waals surface area contributed by atoms with Gasteiger partial charge in [-0.25, -0.2) is 14.4 Å². The molecule has 0 unspecified atom stereocenters. The Hall–Kier alpha value is -3.50. The van der Waals surface area contributed by atoms with Crippen LogP contribution in [0.5, 0.6) is 0 Å². The number of methoxy groups -OCH3 is 4. The standard InChI is InChI=1S/C8H8O2.C5H12N2OS.C5H10O2.C3H7NO2.C3H3NS.C3H6O2.C2H6S.C2H6/c1-10-8(9)7-5-3-2-4-6-7;1-6-5(8)7-3-4-9-2;1-4(2)5(6)7-3;1-4-3(5)6-2;1-2-5-3-4-1;1-3(4)5-2;1-3-2;1-2/h2-6H,1H3;3-4H2,1-2H3,(H2,6,7,8);4H,1-3H3;1-2H3,(H,4,5);1-3H;1-2H3;1-2H3;1-2H3. The molecule has 1 heterocycles. The van der Waals surface area contributed by atoms with Crippen LogP contribution in [-0.2, 0) is 28.5 Å². The summed E-state index contributed by atoms with van der Waals surface area (Å²) in [5.41, 5.74) is 2.38. The van der Waals surface area contributed by atoms with Crippen LogP contribution in [0.1, 0.15) is 45.0 Å². The first-order chi connectivity index (χ1) is 22.3. The van der Waals surface area contributed by atoms with Crippen molar-refractivity contribution >= 4 is 64.9 Å². The first-order valence-electron chi connectivity index (χ1n) is 14.0. The number of nitrogens with one attached hydrogen (secondary N) is 3. The summed E-state index contributed by atoms with van der Waals surface area (Å²) in [6.45, 7) is 9.69. The number of rotatable bonds is 5. The molecule has 0 atom stereocenters. The number of urea groups is 1. The van der Waals surface area contributed by atoms with Gasteiger partial charge in [0.15, 0.2) is 0 Å². The molecule has 0 aliphatic rings. The van der Waals surface area contributed by atoms with Gasteiger partial charge in [-0.3, -0.25) is 14.6 Å². The maximum Gasteiger partial charge on any atom is 0.406 e. The molecule has 0 spiro atoms. The molecule has 3 N–H and O–H groups in total. The van der Waals surface area contributed by atoms with E-state index in [-0.39, 0.29) is 29.9 Å². The Kier molecular flexibility index (Phi) is 58.7. The van der Waals surface area contributed by atoms with Crippen LogP contribution in [0.25, 0.3) is 0 Å². The van der Waals surface area contributed by atoms with Crippen molar-refractivity contribution in [2.75, 3.05) is 73.6 Å². The van der Waals surface area contributed by atoms with Crippen LogP contribution < -0.4 is 16.0 Å². The Labute approximate surface area is 295 Å². The molecule has 0 aliphatic heterocycles. The molecule has 2 aromatic rings. The zero-order valence-electron chi connectivity index (χ0n) is 30.5. The first kappa shape index (κ1) is 55.9. The van der Waals surface area contributed by atoms with Crippen LogP contribution >= 0.6 is 34.9 Å². The second kappa shape index (κ2) is 49.4. The minimum absolute atomic E-state index is 0.00463. The maximum absolute atomic E-state index is 10.8. The molecule has 2 rings (SSSR count). The second-order valence-electron chi connectivity index (χ2n) is 7.56. The third-order valence-electron chi connectivity index (χ3n) is 3.71. The van der Waals surface area contributed by atoms with Gasteiger partial charge in [0.25, 0.3) is 0 Å². The van der Waals surface area contributed by atoms with E-state index in [1.807, 2.05) is 44.1 Å². The number of ether oxygens (including phenoxy) is 4. The van der Waals surface area contributed by atoms with Gasteiger partial charge >= 0.3 is 30.0 Å². The van der Waals surface area contributed by atoms with Gasteiger partial charge in [-0.1, -0.05) is 45.9 Å². The molecule has 0 saturated heterocycles. The molecular formula is C31H58N4O9S3. The molecular weight excluding hydrogens is 669 g/mol. The Morgan fingerprint density at radius 2 is 1.36 bits per heavy atom. The smallest absolute Gasteiger partial charge is 0.406 e. The van der Waals surface area contributed by atoms with E-state index in [9.17, 15) is 24.0 Å². The number of carbonyl (C=O) groups is 5. The summed E-state index contributed by atoms with van der Waals surface area (Å²) in [7, 11) is 8.54. The monoisotopic (exact) mass is 726 g/mol. The predicted octanol–water partition coefficient (Wildman–Crippen LogP) is 5.87. The lowest BCUT2D eigenvalue weighted by Crippen LogP contribution is -2.34. The third-order valence-corrected chi connectivity index (χ3v) is 4.85. The molecule has 13 nitrogen and oxygen atoms in total. The average molecular weight is 727 g/mol. The largest absolute Gasteiger partial charge is 0.469 e.